The van der Waals surface area contributed by atoms with Gasteiger partial charge in [0.25, 0.3) is 0 Å². The molecule has 0 unspecified atom stereocenters. The molecule has 4 aromatic rings. The molecule has 0 radical (unpaired) electrons. The number of rotatable bonds is 8. The van der Waals surface area contributed by atoms with Crippen LogP contribution in [0.5, 0.6) is 0 Å². The number of hydrogen-bond acceptors (Lipinski definition) is 8. The average molecular weight is 521 g/mol. The highest BCUT2D eigenvalue weighted by atomic mass is 16.6. The molecule has 0 saturated carbocycles. The zero-order valence-electron chi connectivity index (χ0n) is 21.6. The molecule has 0 aliphatic carbocycles. The number of benzene rings is 2. The van der Waals surface area contributed by atoms with Gasteiger partial charge in [0.1, 0.15) is 0 Å². The van der Waals surface area contributed by atoms with Gasteiger partial charge in [0.15, 0.2) is 0 Å². The van der Waals surface area contributed by atoms with E-state index in [0.717, 1.165) is 48.2 Å². The van der Waals surface area contributed by atoms with Gasteiger partial charge in [-0.1, -0.05) is 24.3 Å². The number of para-hydroxylation sites is 4. The van der Waals surface area contributed by atoms with Gasteiger partial charge < -0.3 is 9.47 Å². The summed E-state index contributed by atoms with van der Waals surface area (Å²) in [5.74, 6) is 0.929. The number of aromatic nitrogens is 4. The number of imidazole rings is 2. The quantitative estimate of drug-likeness (QED) is 0.361. The highest BCUT2D eigenvalue weighted by molar-refractivity contribution is 5.87. The Bertz CT molecular complexity index is 1320. The van der Waals surface area contributed by atoms with E-state index < -0.39 is 12.2 Å². The number of nitrogens with zero attached hydrogens (tertiary/aromatic N) is 6. The first kappa shape index (κ1) is 25.5. The molecule has 2 aromatic carbocycles. The number of anilines is 2. The molecule has 0 spiro atoms. The standard InChI is InChI=1S/C26H32N8O4/c1-3-37-25(35)29-23-27-19-9-5-7-11-21(19)33(23)17-31-13-15-32(16-14-31)18-34-22-12-8-6-10-20(22)28-24(34)30-26(36)38-4-2/h5-12H,3-4,13-18H2,1-2H3,(H,27,29,35)(H,28,30,36). The van der Waals surface area contributed by atoms with Gasteiger partial charge in [-0.15, -0.1) is 0 Å². The van der Waals surface area contributed by atoms with Crippen LogP contribution in [0.25, 0.3) is 22.1 Å². The normalized spacial score (nSPS) is 14.6. The van der Waals surface area contributed by atoms with Gasteiger partial charge in [-0.05, 0) is 38.1 Å². The number of piperazine rings is 1. The van der Waals surface area contributed by atoms with E-state index in [1.54, 1.807) is 13.8 Å². The number of amides is 2. The van der Waals surface area contributed by atoms with Gasteiger partial charge in [-0.25, -0.2) is 19.6 Å². The van der Waals surface area contributed by atoms with Crippen LogP contribution in [0, 0.1) is 0 Å². The smallest absolute Gasteiger partial charge is 0.413 e. The van der Waals surface area contributed by atoms with Crippen molar-refractivity contribution in [2.24, 2.45) is 0 Å². The summed E-state index contributed by atoms with van der Waals surface area (Å²) in [6.07, 6.45) is -1.04. The molecule has 1 aliphatic rings. The molecule has 2 aromatic heterocycles. The summed E-state index contributed by atoms with van der Waals surface area (Å²) in [4.78, 5) is 38.1. The average Bonchev–Trinajstić information content (AvgIpc) is 3.42. The third-order valence-corrected chi connectivity index (χ3v) is 6.44. The van der Waals surface area contributed by atoms with Crippen LogP contribution in [0.15, 0.2) is 48.5 Å². The lowest BCUT2D eigenvalue weighted by atomic mass is 10.3. The van der Waals surface area contributed by atoms with Crippen LogP contribution in [-0.4, -0.2) is 80.5 Å². The zero-order chi connectivity index (χ0) is 26.5. The minimum Gasteiger partial charge on any atom is -0.450 e. The predicted octanol–water partition coefficient (Wildman–Crippen LogP) is 3.76. The molecule has 200 valence electrons. The number of hydrogen-bond donors (Lipinski definition) is 2. The summed E-state index contributed by atoms with van der Waals surface area (Å²) in [6, 6.07) is 15.6. The van der Waals surface area contributed by atoms with Gasteiger partial charge >= 0.3 is 12.2 Å². The lowest BCUT2D eigenvalue weighted by molar-refractivity contribution is 0.0901. The Morgan fingerprint density at radius 2 is 1.11 bits per heavy atom. The summed E-state index contributed by atoms with van der Waals surface area (Å²) in [6.45, 7) is 8.55. The Morgan fingerprint density at radius 3 is 1.50 bits per heavy atom. The maximum absolute atomic E-state index is 12.1. The second-order valence-corrected chi connectivity index (χ2v) is 8.91. The lowest BCUT2D eigenvalue weighted by Crippen LogP contribution is -2.47. The minimum atomic E-state index is -0.520. The summed E-state index contributed by atoms with van der Waals surface area (Å²) in [5, 5.41) is 5.55. The van der Waals surface area contributed by atoms with Crippen LogP contribution in [-0.2, 0) is 22.8 Å². The highest BCUT2D eigenvalue weighted by Gasteiger charge is 2.22. The van der Waals surface area contributed by atoms with Gasteiger partial charge in [-0.3, -0.25) is 29.6 Å². The van der Waals surface area contributed by atoms with Gasteiger partial charge in [0.05, 0.1) is 48.6 Å². The fourth-order valence-electron chi connectivity index (χ4n) is 4.62. The molecule has 2 N–H and O–H groups in total. The van der Waals surface area contributed by atoms with E-state index in [2.05, 4.69) is 30.4 Å². The molecule has 1 fully saturated rings. The Labute approximate surface area is 220 Å². The second-order valence-electron chi connectivity index (χ2n) is 8.91. The molecule has 12 nitrogen and oxygen atoms in total. The van der Waals surface area contributed by atoms with Crippen LogP contribution in [0.3, 0.4) is 0 Å². The van der Waals surface area contributed by atoms with Crippen molar-refractivity contribution in [2.45, 2.75) is 27.2 Å². The monoisotopic (exact) mass is 520 g/mol. The molecule has 12 heteroatoms. The summed E-state index contributed by atoms with van der Waals surface area (Å²) >= 11 is 0. The van der Waals surface area contributed by atoms with E-state index in [1.165, 1.54) is 0 Å². The Balaban J connectivity index is 1.28. The van der Waals surface area contributed by atoms with Gasteiger partial charge in [-0.2, -0.15) is 0 Å². The van der Waals surface area contributed by atoms with Gasteiger partial charge in [0.2, 0.25) is 11.9 Å². The molecule has 38 heavy (non-hydrogen) atoms. The molecule has 1 saturated heterocycles. The summed E-state index contributed by atoms with van der Waals surface area (Å²) in [7, 11) is 0. The van der Waals surface area contributed by atoms with Crippen molar-refractivity contribution in [3.05, 3.63) is 48.5 Å². The van der Waals surface area contributed by atoms with Crippen molar-refractivity contribution >= 4 is 46.1 Å². The summed E-state index contributed by atoms with van der Waals surface area (Å²) in [5.41, 5.74) is 3.51. The van der Waals surface area contributed by atoms with E-state index >= 15 is 0 Å². The number of carbonyl (C=O) groups excluding carboxylic acids is 2. The number of carbonyl (C=O) groups is 2. The maximum Gasteiger partial charge on any atom is 0.413 e. The first-order chi connectivity index (χ1) is 18.6. The molecule has 1 aliphatic heterocycles. The van der Waals surface area contributed by atoms with Crippen LogP contribution in [0.2, 0.25) is 0 Å². The van der Waals surface area contributed by atoms with E-state index in [-0.39, 0.29) is 13.2 Å². The third-order valence-electron chi connectivity index (χ3n) is 6.44. The van der Waals surface area contributed by atoms with Crippen molar-refractivity contribution in [3.8, 4) is 0 Å². The Hall–Kier alpha value is -4.16. The van der Waals surface area contributed by atoms with Crippen molar-refractivity contribution in [1.29, 1.82) is 0 Å². The topological polar surface area (TPSA) is 119 Å². The molecule has 0 bridgehead atoms. The maximum atomic E-state index is 12.1. The van der Waals surface area contributed by atoms with Crippen molar-refractivity contribution < 1.29 is 19.1 Å². The first-order valence-corrected chi connectivity index (χ1v) is 12.8. The highest BCUT2D eigenvalue weighted by Crippen LogP contribution is 2.23. The molecule has 0 atom stereocenters. The number of ether oxygens (including phenoxy) is 2. The largest absolute Gasteiger partial charge is 0.450 e. The summed E-state index contributed by atoms with van der Waals surface area (Å²) < 4.78 is 14.1. The minimum absolute atomic E-state index is 0.289. The van der Waals surface area contributed by atoms with Crippen molar-refractivity contribution in [1.82, 2.24) is 28.9 Å². The Morgan fingerprint density at radius 1 is 0.711 bits per heavy atom. The fraction of sp³-hybridized carbons (Fsp3) is 0.385. The van der Waals surface area contributed by atoms with E-state index in [0.29, 0.717) is 25.2 Å². The Kier molecular flexibility index (Phi) is 7.70. The van der Waals surface area contributed by atoms with Crippen LogP contribution < -0.4 is 10.6 Å². The van der Waals surface area contributed by atoms with Crippen LogP contribution in [0.4, 0.5) is 21.5 Å². The fourth-order valence-corrected chi connectivity index (χ4v) is 4.62. The van der Waals surface area contributed by atoms with Crippen molar-refractivity contribution in [2.75, 3.05) is 50.0 Å². The van der Waals surface area contributed by atoms with Crippen LogP contribution >= 0.6 is 0 Å². The zero-order valence-corrected chi connectivity index (χ0v) is 21.6. The lowest BCUT2D eigenvalue weighted by Gasteiger charge is -2.35. The number of fused-ring (bicyclic) bond motifs is 2. The second kappa shape index (κ2) is 11.5. The molecular formula is C26H32N8O4. The molecule has 2 amide bonds. The van der Waals surface area contributed by atoms with E-state index in [1.807, 2.05) is 57.7 Å². The molecular weight excluding hydrogens is 488 g/mol. The van der Waals surface area contributed by atoms with Gasteiger partial charge in [0, 0.05) is 26.2 Å². The van der Waals surface area contributed by atoms with E-state index in [9.17, 15) is 9.59 Å². The molecule has 3 heterocycles. The first-order valence-electron chi connectivity index (χ1n) is 12.8. The predicted molar refractivity (Wildman–Crippen MR) is 144 cm³/mol. The third kappa shape index (κ3) is 5.55. The SMILES string of the molecule is CCOC(=O)Nc1nc2ccccc2n1CN1CCN(Cn2c(NC(=O)OCC)nc3ccccc32)CC1. The van der Waals surface area contributed by atoms with Crippen LogP contribution in [0.1, 0.15) is 13.8 Å². The van der Waals surface area contributed by atoms with E-state index in [4.69, 9.17) is 9.47 Å². The molecule has 5 rings (SSSR count). The number of nitrogens with one attached hydrogen (secondary N) is 2. The van der Waals surface area contributed by atoms with Crippen molar-refractivity contribution in [3.63, 3.8) is 0 Å².